The zero-order chi connectivity index (χ0) is 28.1. The van der Waals surface area contributed by atoms with Crippen molar-refractivity contribution in [2.24, 2.45) is 0 Å². The lowest BCUT2D eigenvalue weighted by atomic mass is 10.0. The minimum atomic E-state index is -0.991. The molecule has 1 aromatic carbocycles. The number of carbonyl (C=O) groups is 2. The van der Waals surface area contributed by atoms with Crippen LogP contribution in [0.1, 0.15) is 36.1 Å². The molecule has 0 saturated carbocycles. The van der Waals surface area contributed by atoms with E-state index in [2.05, 4.69) is 23.0 Å². The van der Waals surface area contributed by atoms with Crippen LogP contribution in [0.15, 0.2) is 30.3 Å². The number of piperazine rings is 1. The van der Waals surface area contributed by atoms with Crippen LogP contribution in [-0.2, 0) is 24.3 Å². The molecule has 3 aliphatic heterocycles. The molecule has 1 N–H and O–H groups in total. The van der Waals surface area contributed by atoms with Gasteiger partial charge in [-0.3, -0.25) is 0 Å². The predicted molar refractivity (Wildman–Crippen MR) is 145 cm³/mol. The number of likely N-dealkylation sites (N-methyl/N-ethyl adjacent to an activating group) is 1. The molecule has 1 aromatic heterocycles. The van der Waals surface area contributed by atoms with Crippen molar-refractivity contribution in [1.29, 1.82) is 5.26 Å². The van der Waals surface area contributed by atoms with Crippen LogP contribution < -0.4 is 9.64 Å². The molecular weight excluding hydrogens is 514 g/mol. The van der Waals surface area contributed by atoms with Crippen LogP contribution in [0.3, 0.4) is 0 Å². The maximum absolute atomic E-state index is 13.0. The first kappa shape index (κ1) is 27.5. The fraction of sp³-hybridized carbons (Fsp3) is 0.536. The van der Waals surface area contributed by atoms with Crippen LogP contribution in [-0.4, -0.2) is 100 Å². The van der Waals surface area contributed by atoms with Gasteiger partial charge in [0.15, 0.2) is 0 Å². The average Bonchev–Trinajstić information content (AvgIpc) is 3.39. The van der Waals surface area contributed by atoms with Gasteiger partial charge in [-0.2, -0.15) is 15.2 Å². The quantitative estimate of drug-likeness (QED) is 0.549. The molecule has 212 valence electrons. The third-order valence-electron chi connectivity index (χ3n) is 7.91. The summed E-state index contributed by atoms with van der Waals surface area (Å²) in [7, 11) is 2.08. The van der Waals surface area contributed by atoms with Gasteiger partial charge < -0.3 is 34.2 Å². The number of anilines is 1. The van der Waals surface area contributed by atoms with E-state index < -0.39 is 18.2 Å². The topological polar surface area (TPSA) is 135 Å². The van der Waals surface area contributed by atoms with E-state index in [-0.39, 0.29) is 25.6 Å². The summed E-state index contributed by atoms with van der Waals surface area (Å²) >= 11 is 0. The minimum absolute atomic E-state index is 0.128. The molecule has 12 nitrogen and oxygen atoms in total. The summed E-state index contributed by atoms with van der Waals surface area (Å²) in [5.74, 6) is 0.603. The molecule has 12 heteroatoms. The number of rotatable bonds is 7. The number of nitriles is 1. The highest BCUT2D eigenvalue weighted by Crippen LogP contribution is 2.31. The SMILES string of the molecule is CN1CCC[C@H]1COc1nc2c(c(N3CCN(C(=O)OCc4ccccc4)[C@@H](CC#N)C3)n1)CN(C(=O)O)CC2. The smallest absolute Gasteiger partial charge is 0.410 e. The number of hydrogen-bond donors (Lipinski definition) is 1. The van der Waals surface area contributed by atoms with Crippen LogP contribution in [0.5, 0.6) is 6.01 Å². The normalized spacial score (nSPS) is 21.1. The van der Waals surface area contributed by atoms with Crippen molar-refractivity contribution in [2.45, 2.75) is 50.9 Å². The second kappa shape index (κ2) is 12.4. The first-order valence-corrected chi connectivity index (χ1v) is 13.7. The van der Waals surface area contributed by atoms with Crippen molar-refractivity contribution < 1.29 is 24.2 Å². The Balaban J connectivity index is 1.35. The van der Waals surface area contributed by atoms with Gasteiger partial charge in [-0.15, -0.1) is 0 Å². The van der Waals surface area contributed by atoms with Crippen LogP contribution >= 0.6 is 0 Å². The maximum atomic E-state index is 13.0. The van der Waals surface area contributed by atoms with Crippen LogP contribution in [0.25, 0.3) is 0 Å². The number of hydrogen-bond acceptors (Lipinski definition) is 9. The van der Waals surface area contributed by atoms with E-state index in [1.807, 2.05) is 35.2 Å². The van der Waals surface area contributed by atoms with Gasteiger partial charge in [-0.1, -0.05) is 30.3 Å². The van der Waals surface area contributed by atoms with Crippen molar-refractivity contribution in [3.05, 3.63) is 47.2 Å². The summed E-state index contributed by atoms with van der Waals surface area (Å²) in [6.45, 7) is 3.33. The maximum Gasteiger partial charge on any atom is 0.410 e. The number of carbonyl (C=O) groups excluding carboxylic acids is 1. The Morgan fingerprint density at radius 3 is 2.67 bits per heavy atom. The van der Waals surface area contributed by atoms with E-state index in [9.17, 15) is 20.0 Å². The van der Waals surface area contributed by atoms with E-state index in [1.165, 1.54) is 4.90 Å². The number of ether oxygens (including phenoxy) is 2. The fourth-order valence-electron chi connectivity index (χ4n) is 5.59. The van der Waals surface area contributed by atoms with Crippen LogP contribution in [0, 0.1) is 11.3 Å². The number of nitrogens with zero attached hydrogens (tertiary/aromatic N) is 7. The number of amides is 2. The van der Waals surface area contributed by atoms with Gasteiger partial charge in [0.1, 0.15) is 19.0 Å². The van der Waals surface area contributed by atoms with Crippen molar-refractivity contribution in [1.82, 2.24) is 24.7 Å². The standard InChI is InChI=1S/C28H35N7O5/c1-32-12-5-8-22(32)19-39-26-30-24-10-13-34(27(36)37)17-23(24)25(31-26)33-14-15-35(21(16-33)9-11-29)28(38)40-18-20-6-3-2-4-7-20/h2-4,6-7,21-22H,5,8-10,12-19H2,1H3,(H,36,37)/t21-,22-/m0/s1. The van der Waals surface area contributed by atoms with Crippen molar-refractivity contribution in [3.63, 3.8) is 0 Å². The highest BCUT2D eigenvalue weighted by atomic mass is 16.6. The second-order valence-electron chi connectivity index (χ2n) is 10.5. The highest BCUT2D eigenvalue weighted by Gasteiger charge is 2.35. The second-order valence-corrected chi connectivity index (χ2v) is 10.5. The van der Waals surface area contributed by atoms with E-state index in [4.69, 9.17) is 14.5 Å². The summed E-state index contributed by atoms with van der Waals surface area (Å²) < 4.78 is 11.6. The number of carboxylic acid groups (broad SMARTS) is 1. The lowest BCUT2D eigenvalue weighted by Gasteiger charge is -2.41. The lowest BCUT2D eigenvalue weighted by molar-refractivity contribution is 0.0766. The van der Waals surface area contributed by atoms with Crippen LogP contribution in [0.2, 0.25) is 0 Å². The Bertz CT molecular complexity index is 1250. The van der Waals surface area contributed by atoms with E-state index in [1.54, 1.807) is 4.90 Å². The van der Waals surface area contributed by atoms with Crippen molar-refractivity contribution in [2.75, 3.05) is 51.3 Å². The first-order valence-electron chi connectivity index (χ1n) is 13.7. The molecule has 0 spiro atoms. The third-order valence-corrected chi connectivity index (χ3v) is 7.91. The molecule has 2 atom stereocenters. The molecule has 2 saturated heterocycles. The molecular formula is C28H35N7O5. The summed E-state index contributed by atoms with van der Waals surface area (Å²) in [5, 5.41) is 19.2. The summed E-state index contributed by atoms with van der Waals surface area (Å²) in [5.41, 5.74) is 2.41. The van der Waals surface area contributed by atoms with E-state index >= 15 is 0 Å². The van der Waals surface area contributed by atoms with Gasteiger partial charge in [0, 0.05) is 44.2 Å². The Labute approximate surface area is 233 Å². The van der Waals surface area contributed by atoms with Gasteiger partial charge in [0.25, 0.3) is 0 Å². The molecule has 4 heterocycles. The third kappa shape index (κ3) is 6.20. The van der Waals surface area contributed by atoms with E-state index in [0.717, 1.165) is 36.2 Å². The average molecular weight is 550 g/mol. The lowest BCUT2D eigenvalue weighted by Crippen LogP contribution is -2.56. The van der Waals surface area contributed by atoms with Gasteiger partial charge >= 0.3 is 18.2 Å². The fourth-order valence-corrected chi connectivity index (χ4v) is 5.59. The summed E-state index contributed by atoms with van der Waals surface area (Å²) in [6, 6.07) is 11.8. The monoisotopic (exact) mass is 549 g/mol. The predicted octanol–water partition coefficient (Wildman–Crippen LogP) is 2.73. The Hall–Kier alpha value is -4.11. The molecule has 0 unspecified atom stereocenters. The molecule has 40 heavy (non-hydrogen) atoms. The Kier molecular flexibility index (Phi) is 8.50. The molecule has 2 amide bonds. The summed E-state index contributed by atoms with van der Waals surface area (Å²) in [4.78, 5) is 41.4. The molecule has 0 radical (unpaired) electrons. The highest BCUT2D eigenvalue weighted by molar-refractivity contribution is 5.69. The summed E-state index contributed by atoms with van der Waals surface area (Å²) in [6.07, 6.45) is 1.32. The molecule has 0 aliphatic carbocycles. The van der Waals surface area contributed by atoms with Gasteiger partial charge in [-0.05, 0) is 32.0 Å². The minimum Gasteiger partial charge on any atom is -0.465 e. The van der Waals surface area contributed by atoms with Gasteiger partial charge in [0.05, 0.1) is 30.8 Å². The van der Waals surface area contributed by atoms with E-state index in [0.29, 0.717) is 51.1 Å². The zero-order valence-electron chi connectivity index (χ0n) is 22.7. The molecule has 5 rings (SSSR count). The van der Waals surface area contributed by atoms with Crippen molar-refractivity contribution >= 4 is 18.0 Å². The zero-order valence-corrected chi connectivity index (χ0v) is 22.7. The number of fused-ring (bicyclic) bond motifs is 1. The van der Waals surface area contributed by atoms with Crippen LogP contribution in [0.4, 0.5) is 15.4 Å². The largest absolute Gasteiger partial charge is 0.465 e. The van der Waals surface area contributed by atoms with Crippen molar-refractivity contribution in [3.8, 4) is 12.1 Å². The Morgan fingerprint density at radius 2 is 1.95 bits per heavy atom. The van der Waals surface area contributed by atoms with Gasteiger partial charge in [0.2, 0.25) is 0 Å². The molecule has 3 aliphatic rings. The molecule has 0 bridgehead atoms. The number of likely N-dealkylation sites (tertiary alicyclic amines) is 1. The first-order chi connectivity index (χ1) is 19.4. The molecule has 2 fully saturated rings. The molecule has 2 aromatic rings. The number of benzene rings is 1. The van der Waals surface area contributed by atoms with Gasteiger partial charge in [-0.25, -0.2) is 9.59 Å². The Morgan fingerprint density at radius 1 is 1.12 bits per heavy atom. The number of aromatic nitrogens is 2.